The molecule has 0 radical (unpaired) electrons. The predicted molar refractivity (Wildman–Crippen MR) is 106 cm³/mol. The van der Waals surface area contributed by atoms with Crippen molar-refractivity contribution in [2.24, 2.45) is 0 Å². The maximum atomic E-state index is 12.1. The number of aryl methyl sites for hydroxylation is 2. The average Bonchev–Trinajstić information content (AvgIpc) is 3.07. The fourth-order valence-corrected chi connectivity index (χ4v) is 2.90. The molecule has 29 heavy (non-hydrogen) atoms. The van der Waals surface area contributed by atoms with E-state index in [0.717, 1.165) is 17.0 Å². The van der Waals surface area contributed by atoms with Gasteiger partial charge in [-0.1, -0.05) is 0 Å². The number of ether oxygens (including phenoxy) is 2. The van der Waals surface area contributed by atoms with E-state index in [1.54, 1.807) is 35.9 Å². The van der Waals surface area contributed by atoms with Gasteiger partial charge in [-0.2, -0.15) is 9.50 Å². The summed E-state index contributed by atoms with van der Waals surface area (Å²) < 4.78 is 11.7. The lowest BCUT2D eigenvalue weighted by molar-refractivity contribution is -0.147. The van der Waals surface area contributed by atoms with Crippen LogP contribution in [-0.2, 0) is 20.7 Å². The van der Waals surface area contributed by atoms with E-state index in [9.17, 15) is 9.59 Å². The number of aromatic nitrogens is 4. The first-order valence-corrected chi connectivity index (χ1v) is 8.95. The Labute approximate surface area is 167 Å². The van der Waals surface area contributed by atoms with Gasteiger partial charge in [0.1, 0.15) is 5.75 Å². The highest BCUT2D eigenvalue weighted by atomic mass is 16.5. The number of nitrogens with two attached hydrogens (primary N) is 1. The zero-order chi connectivity index (χ0) is 21.0. The molecular weight excluding hydrogens is 376 g/mol. The van der Waals surface area contributed by atoms with Gasteiger partial charge in [0.25, 0.3) is 11.7 Å². The summed E-state index contributed by atoms with van der Waals surface area (Å²) in [6.07, 6.45) is 0.508. The van der Waals surface area contributed by atoms with E-state index in [4.69, 9.17) is 15.2 Å². The summed E-state index contributed by atoms with van der Waals surface area (Å²) in [6, 6.07) is 6.84. The lowest BCUT2D eigenvalue weighted by Gasteiger charge is -2.10. The van der Waals surface area contributed by atoms with Crippen molar-refractivity contribution in [3.05, 3.63) is 41.2 Å². The molecule has 0 bridgehead atoms. The molecule has 10 nitrogen and oxygen atoms in total. The second-order valence-electron chi connectivity index (χ2n) is 6.38. The first-order chi connectivity index (χ1) is 13.9. The maximum Gasteiger partial charge on any atom is 0.306 e. The molecule has 3 rings (SSSR count). The maximum absolute atomic E-state index is 12.1. The van der Waals surface area contributed by atoms with E-state index in [1.165, 1.54) is 0 Å². The monoisotopic (exact) mass is 398 g/mol. The van der Waals surface area contributed by atoms with E-state index in [1.807, 2.05) is 13.8 Å². The molecule has 0 atom stereocenters. The normalized spacial score (nSPS) is 10.7. The number of esters is 1. The van der Waals surface area contributed by atoms with Crippen LogP contribution >= 0.6 is 0 Å². The van der Waals surface area contributed by atoms with Gasteiger partial charge in [-0.25, -0.2) is 4.98 Å². The van der Waals surface area contributed by atoms with Crippen molar-refractivity contribution in [2.45, 2.75) is 26.7 Å². The van der Waals surface area contributed by atoms with Gasteiger partial charge in [0.05, 0.1) is 7.11 Å². The summed E-state index contributed by atoms with van der Waals surface area (Å²) >= 11 is 0. The van der Waals surface area contributed by atoms with E-state index in [-0.39, 0.29) is 19.0 Å². The quantitative estimate of drug-likeness (QED) is 0.571. The lowest BCUT2D eigenvalue weighted by atomic mass is 10.1. The third kappa shape index (κ3) is 4.78. The Morgan fingerprint density at radius 3 is 2.59 bits per heavy atom. The number of benzene rings is 1. The van der Waals surface area contributed by atoms with Crippen molar-refractivity contribution in [2.75, 3.05) is 24.8 Å². The first kappa shape index (κ1) is 20.1. The summed E-state index contributed by atoms with van der Waals surface area (Å²) in [6.45, 7) is 3.33. The lowest BCUT2D eigenvalue weighted by Crippen LogP contribution is -2.21. The molecule has 2 heterocycles. The predicted octanol–water partition coefficient (Wildman–Crippen LogP) is 1.45. The number of anilines is 2. The van der Waals surface area contributed by atoms with Crippen LogP contribution in [0.15, 0.2) is 24.3 Å². The van der Waals surface area contributed by atoms with Crippen LogP contribution in [0.4, 0.5) is 11.6 Å². The molecule has 0 aliphatic carbocycles. The number of fused-ring (bicyclic) bond motifs is 1. The molecule has 3 N–H and O–H groups in total. The number of rotatable bonds is 7. The number of hydrogen-bond acceptors (Lipinski definition) is 8. The van der Waals surface area contributed by atoms with E-state index < -0.39 is 11.9 Å². The van der Waals surface area contributed by atoms with Crippen molar-refractivity contribution < 1.29 is 19.1 Å². The highest BCUT2D eigenvalue weighted by Crippen LogP contribution is 2.17. The Morgan fingerprint density at radius 1 is 1.17 bits per heavy atom. The van der Waals surface area contributed by atoms with Gasteiger partial charge in [-0.15, -0.1) is 5.10 Å². The number of nitrogens with zero attached hydrogens (tertiary/aromatic N) is 4. The van der Waals surface area contributed by atoms with Crippen LogP contribution < -0.4 is 15.8 Å². The minimum absolute atomic E-state index is 0.106. The van der Waals surface area contributed by atoms with E-state index in [2.05, 4.69) is 20.4 Å². The molecule has 0 saturated carbocycles. The highest BCUT2D eigenvalue weighted by molar-refractivity contribution is 5.92. The standard InChI is InChI=1S/C19H22N6O4/c1-11-15(12(2)25-19(21-11)23-18(20)24-25)8-9-17(27)29-10-16(26)22-13-4-6-14(28-3)7-5-13/h4-7H,8-10H2,1-3H3,(H2,20,24)(H,22,26). The zero-order valence-electron chi connectivity index (χ0n) is 16.4. The Balaban J connectivity index is 1.52. The van der Waals surface area contributed by atoms with E-state index in [0.29, 0.717) is 23.6 Å². The van der Waals surface area contributed by atoms with Crippen molar-refractivity contribution in [3.8, 4) is 5.75 Å². The van der Waals surface area contributed by atoms with Crippen LogP contribution in [-0.4, -0.2) is 45.2 Å². The summed E-state index contributed by atoms with van der Waals surface area (Å²) in [5.74, 6) is 0.337. The zero-order valence-corrected chi connectivity index (χ0v) is 16.4. The molecule has 0 aliphatic heterocycles. The third-order valence-electron chi connectivity index (χ3n) is 4.38. The van der Waals surface area contributed by atoms with Crippen LogP contribution in [0.1, 0.15) is 23.4 Å². The number of carbonyl (C=O) groups excluding carboxylic acids is 2. The Bertz CT molecular complexity index is 1050. The second-order valence-corrected chi connectivity index (χ2v) is 6.38. The Morgan fingerprint density at radius 2 is 1.90 bits per heavy atom. The summed E-state index contributed by atoms with van der Waals surface area (Å²) in [7, 11) is 1.56. The fraction of sp³-hybridized carbons (Fsp3) is 0.316. The molecule has 0 aliphatic rings. The smallest absolute Gasteiger partial charge is 0.306 e. The van der Waals surface area contributed by atoms with Crippen LogP contribution in [0.5, 0.6) is 5.75 Å². The largest absolute Gasteiger partial charge is 0.497 e. The second kappa shape index (κ2) is 8.55. The third-order valence-corrected chi connectivity index (χ3v) is 4.38. The van der Waals surface area contributed by atoms with Crippen LogP contribution in [0.25, 0.3) is 5.78 Å². The minimum atomic E-state index is -0.480. The van der Waals surface area contributed by atoms with Crippen molar-refractivity contribution in [1.29, 1.82) is 0 Å². The van der Waals surface area contributed by atoms with Crippen molar-refractivity contribution in [1.82, 2.24) is 19.6 Å². The number of amides is 1. The van der Waals surface area contributed by atoms with E-state index >= 15 is 0 Å². The minimum Gasteiger partial charge on any atom is -0.497 e. The molecule has 3 aromatic rings. The highest BCUT2D eigenvalue weighted by Gasteiger charge is 2.15. The van der Waals surface area contributed by atoms with Gasteiger partial charge < -0.3 is 20.5 Å². The van der Waals surface area contributed by atoms with Crippen molar-refractivity contribution in [3.63, 3.8) is 0 Å². The topological polar surface area (TPSA) is 134 Å². The van der Waals surface area contributed by atoms with Gasteiger partial charge in [-0.05, 0) is 50.1 Å². The molecule has 152 valence electrons. The van der Waals surface area contributed by atoms with Crippen LogP contribution in [0.3, 0.4) is 0 Å². The van der Waals surface area contributed by atoms with Gasteiger partial charge in [0, 0.05) is 23.5 Å². The summed E-state index contributed by atoms with van der Waals surface area (Å²) in [5, 5.41) is 6.75. The molecule has 1 aromatic carbocycles. The molecule has 2 aromatic heterocycles. The molecule has 10 heteroatoms. The van der Waals surface area contributed by atoms with Gasteiger partial charge in [-0.3, -0.25) is 9.59 Å². The molecule has 1 amide bonds. The van der Waals surface area contributed by atoms with Crippen LogP contribution in [0, 0.1) is 13.8 Å². The molecule has 0 saturated heterocycles. The molecular formula is C19H22N6O4. The van der Waals surface area contributed by atoms with Crippen LogP contribution in [0.2, 0.25) is 0 Å². The first-order valence-electron chi connectivity index (χ1n) is 8.95. The summed E-state index contributed by atoms with van der Waals surface area (Å²) in [4.78, 5) is 32.4. The number of nitrogens with one attached hydrogen (secondary N) is 1. The molecule has 0 unspecified atom stereocenters. The van der Waals surface area contributed by atoms with Gasteiger partial charge in [0.15, 0.2) is 6.61 Å². The summed E-state index contributed by atoms with van der Waals surface area (Å²) in [5.41, 5.74) is 8.62. The fourth-order valence-electron chi connectivity index (χ4n) is 2.90. The average molecular weight is 398 g/mol. The number of methoxy groups -OCH3 is 1. The van der Waals surface area contributed by atoms with Gasteiger partial charge in [0.2, 0.25) is 5.95 Å². The number of carbonyl (C=O) groups is 2. The Kier molecular flexibility index (Phi) is 5.91. The number of nitrogen functional groups attached to an aromatic ring is 1. The Hall–Kier alpha value is -3.69. The van der Waals surface area contributed by atoms with Gasteiger partial charge >= 0.3 is 5.97 Å². The SMILES string of the molecule is COc1ccc(NC(=O)COC(=O)CCc2c(C)nc3nc(N)nn3c2C)cc1. The number of hydrogen-bond donors (Lipinski definition) is 2. The molecule has 0 spiro atoms. The van der Waals surface area contributed by atoms with Crippen molar-refractivity contribution >= 4 is 29.3 Å². The molecule has 0 fully saturated rings.